The van der Waals surface area contributed by atoms with Crippen LogP contribution in [0.15, 0.2) is 6.07 Å². The molecule has 3 rings (SSSR count). The van der Waals surface area contributed by atoms with Gasteiger partial charge in [-0.1, -0.05) is 6.92 Å². The summed E-state index contributed by atoms with van der Waals surface area (Å²) in [5, 5.41) is 3.88. The van der Waals surface area contributed by atoms with E-state index in [1.165, 1.54) is 11.3 Å². The van der Waals surface area contributed by atoms with Crippen LogP contribution in [0.1, 0.15) is 40.7 Å². The third kappa shape index (κ3) is 2.18. The lowest BCUT2D eigenvalue weighted by Crippen LogP contribution is -2.25. The average Bonchev–Trinajstić information content (AvgIpc) is 3.14. The van der Waals surface area contributed by atoms with Gasteiger partial charge in [-0.3, -0.25) is 4.79 Å². The molecular formula is C14H17N3OS. The molecule has 4 nitrogen and oxygen atoms in total. The molecule has 0 atom stereocenters. The highest BCUT2D eigenvalue weighted by Crippen LogP contribution is 2.34. The van der Waals surface area contributed by atoms with E-state index in [1.54, 1.807) is 0 Å². The maximum atomic E-state index is 12.1. The summed E-state index contributed by atoms with van der Waals surface area (Å²) in [6, 6.07) is 2.39. The number of aromatic nitrogens is 1. The molecule has 1 aliphatic carbocycles. The Morgan fingerprint density at radius 2 is 2.32 bits per heavy atom. The monoisotopic (exact) mass is 275 g/mol. The zero-order valence-corrected chi connectivity index (χ0v) is 11.9. The first-order chi connectivity index (χ1) is 9.10. The predicted molar refractivity (Wildman–Crippen MR) is 78.6 cm³/mol. The molecule has 0 aliphatic heterocycles. The summed E-state index contributed by atoms with van der Waals surface area (Å²) in [6.45, 7) is 4.12. The first-order valence-corrected chi connectivity index (χ1v) is 7.41. The second-order valence-corrected chi connectivity index (χ2v) is 6.05. The first-order valence-electron chi connectivity index (χ1n) is 6.59. The van der Waals surface area contributed by atoms with E-state index in [4.69, 9.17) is 5.73 Å². The quantitative estimate of drug-likeness (QED) is 0.905. The first kappa shape index (κ1) is 12.4. The fraction of sp³-hybridized carbons (Fsp3) is 0.429. The summed E-state index contributed by atoms with van der Waals surface area (Å²) in [5.74, 6) is -0.0568. The number of hydrogen-bond acceptors (Lipinski definition) is 4. The SMILES string of the molecule is CCc1nc2sc(C(=O)NC3CC3)c(N)c2cc1C. The Balaban J connectivity index is 2.05. The van der Waals surface area contributed by atoms with E-state index in [0.717, 1.165) is 40.7 Å². The van der Waals surface area contributed by atoms with Crippen LogP contribution in [-0.4, -0.2) is 16.9 Å². The average molecular weight is 275 g/mol. The largest absolute Gasteiger partial charge is 0.397 e. The molecule has 0 bridgehead atoms. The smallest absolute Gasteiger partial charge is 0.263 e. The van der Waals surface area contributed by atoms with Crippen molar-refractivity contribution in [1.29, 1.82) is 0 Å². The van der Waals surface area contributed by atoms with E-state index in [9.17, 15) is 4.79 Å². The number of pyridine rings is 1. The molecule has 100 valence electrons. The van der Waals surface area contributed by atoms with Gasteiger partial charge in [0.1, 0.15) is 9.71 Å². The van der Waals surface area contributed by atoms with Gasteiger partial charge in [0.2, 0.25) is 0 Å². The standard InChI is InChI=1S/C14H17N3OS/c1-3-10-7(2)6-9-11(15)12(19-14(9)17-10)13(18)16-8-4-5-8/h6,8H,3-5,15H2,1-2H3,(H,16,18). The number of rotatable bonds is 3. The van der Waals surface area contributed by atoms with Crippen molar-refractivity contribution in [2.24, 2.45) is 0 Å². The number of thiophene rings is 1. The van der Waals surface area contributed by atoms with Gasteiger partial charge in [-0.2, -0.15) is 0 Å². The lowest BCUT2D eigenvalue weighted by atomic mass is 10.1. The van der Waals surface area contributed by atoms with Crippen LogP contribution in [0, 0.1) is 6.92 Å². The third-order valence-corrected chi connectivity index (χ3v) is 4.58. The van der Waals surface area contributed by atoms with E-state index in [0.29, 0.717) is 16.6 Å². The van der Waals surface area contributed by atoms with Crippen molar-refractivity contribution >= 4 is 33.1 Å². The van der Waals surface area contributed by atoms with Crippen molar-refractivity contribution in [3.8, 4) is 0 Å². The van der Waals surface area contributed by atoms with Crippen LogP contribution < -0.4 is 11.1 Å². The predicted octanol–water partition coefficient (Wildman–Crippen LogP) is 2.64. The zero-order chi connectivity index (χ0) is 13.6. The number of hydrogen-bond donors (Lipinski definition) is 2. The van der Waals surface area contributed by atoms with Gasteiger partial charge in [0.25, 0.3) is 5.91 Å². The Hall–Kier alpha value is -1.62. The number of amides is 1. The lowest BCUT2D eigenvalue weighted by molar-refractivity contribution is 0.0956. The molecule has 5 heteroatoms. The van der Waals surface area contributed by atoms with Crippen LogP contribution in [0.4, 0.5) is 5.69 Å². The van der Waals surface area contributed by atoms with Crippen molar-refractivity contribution in [3.63, 3.8) is 0 Å². The minimum Gasteiger partial charge on any atom is -0.397 e. The summed E-state index contributed by atoms with van der Waals surface area (Å²) < 4.78 is 0. The van der Waals surface area contributed by atoms with Crippen molar-refractivity contribution < 1.29 is 4.79 Å². The van der Waals surface area contributed by atoms with Crippen LogP contribution in [-0.2, 0) is 6.42 Å². The van der Waals surface area contributed by atoms with Crippen molar-refractivity contribution in [1.82, 2.24) is 10.3 Å². The van der Waals surface area contributed by atoms with Crippen molar-refractivity contribution in [3.05, 3.63) is 22.2 Å². The van der Waals surface area contributed by atoms with Crippen LogP contribution in [0.5, 0.6) is 0 Å². The number of anilines is 1. The molecule has 1 amide bonds. The van der Waals surface area contributed by atoms with Gasteiger partial charge in [-0.25, -0.2) is 4.98 Å². The van der Waals surface area contributed by atoms with E-state index in [-0.39, 0.29) is 5.91 Å². The van der Waals surface area contributed by atoms with Crippen LogP contribution in [0.25, 0.3) is 10.2 Å². The van der Waals surface area contributed by atoms with Gasteiger partial charge in [-0.05, 0) is 37.8 Å². The van der Waals surface area contributed by atoms with Gasteiger partial charge in [0.15, 0.2) is 0 Å². The van der Waals surface area contributed by atoms with E-state index in [1.807, 2.05) is 13.0 Å². The number of fused-ring (bicyclic) bond motifs is 1. The molecule has 2 heterocycles. The number of carbonyl (C=O) groups excluding carboxylic acids is 1. The van der Waals surface area contributed by atoms with Crippen LogP contribution in [0.3, 0.4) is 0 Å². The molecule has 19 heavy (non-hydrogen) atoms. The maximum Gasteiger partial charge on any atom is 0.263 e. The van der Waals surface area contributed by atoms with Crippen molar-refractivity contribution in [2.75, 3.05) is 5.73 Å². The minimum absolute atomic E-state index is 0.0568. The molecule has 0 radical (unpaired) electrons. The van der Waals surface area contributed by atoms with E-state index >= 15 is 0 Å². The Morgan fingerprint density at radius 1 is 1.58 bits per heavy atom. The highest BCUT2D eigenvalue weighted by atomic mass is 32.1. The summed E-state index contributed by atoms with van der Waals surface area (Å²) in [5.41, 5.74) is 8.88. The molecular weight excluding hydrogens is 258 g/mol. The number of nitrogen functional groups attached to an aromatic ring is 1. The summed E-state index contributed by atoms with van der Waals surface area (Å²) in [6.07, 6.45) is 3.05. The van der Waals surface area contributed by atoms with Gasteiger partial charge in [0.05, 0.1) is 5.69 Å². The highest BCUT2D eigenvalue weighted by Gasteiger charge is 2.26. The number of nitrogens with two attached hydrogens (primary N) is 1. The maximum absolute atomic E-state index is 12.1. The van der Waals surface area contributed by atoms with E-state index < -0.39 is 0 Å². The third-order valence-electron chi connectivity index (χ3n) is 3.47. The van der Waals surface area contributed by atoms with Crippen molar-refractivity contribution in [2.45, 2.75) is 39.2 Å². The van der Waals surface area contributed by atoms with Crippen LogP contribution >= 0.6 is 11.3 Å². The Morgan fingerprint density at radius 3 is 2.95 bits per heavy atom. The second kappa shape index (κ2) is 4.49. The molecule has 1 saturated carbocycles. The summed E-state index contributed by atoms with van der Waals surface area (Å²) in [7, 11) is 0. The molecule has 0 saturated heterocycles. The zero-order valence-electron chi connectivity index (χ0n) is 11.1. The molecule has 0 unspecified atom stereocenters. The fourth-order valence-corrected chi connectivity index (χ4v) is 3.18. The second-order valence-electron chi connectivity index (χ2n) is 5.05. The Bertz CT molecular complexity index is 658. The van der Waals surface area contributed by atoms with E-state index in [2.05, 4.69) is 17.2 Å². The van der Waals surface area contributed by atoms with Gasteiger partial charge < -0.3 is 11.1 Å². The van der Waals surface area contributed by atoms with Gasteiger partial charge in [-0.15, -0.1) is 11.3 Å². The lowest BCUT2D eigenvalue weighted by Gasteiger charge is -2.02. The van der Waals surface area contributed by atoms with Gasteiger partial charge >= 0.3 is 0 Å². The molecule has 3 N–H and O–H groups in total. The number of nitrogens with one attached hydrogen (secondary N) is 1. The molecule has 1 aliphatic rings. The molecule has 0 aromatic carbocycles. The van der Waals surface area contributed by atoms with Gasteiger partial charge in [0, 0.05) is 17.1 Å². The number of aryl methyl sites for hydroxylation is 2. The highest BCUT2D eigenvalue weighted by molar-refractivity contribution is 7.21. The minimum atomic E-state index is -0.0568. The Labute approximate surface area is 116 Å². The topological polar surface area (TPSA) is 68.0 Å². The Kier molecular flexibility index (Phi) is 2.93. The molecule has 2 aromatic rings. The summed E-state index contributed by atoms with van der Waals surface area (Å²) >= 11 is 1.39. The fourth-order valence-electron chi connectivity index (χ4n) is 2.18. The molecule has 1 fully saturated rings. The summed E-state index contributed by atoms with van der Waals surface area (Å²) in [4.78, 5) is 18.2. The number of nitrogens with zero attached hydrogens (tertiary/aromatic N) is 1. The molecule has 2 aromatic heterocycles. The molecule has 0 spiro atoms. The normalized spacial score (nSPS) is 14.8. The van der Waals surface area contributed by atoms with Crippen LogP contribution in [0.2, 0.25) is 0 Å². The number of carbonyl (C=O) groups is 1.